The fourth-order valence-electron chi connectivity index (χ4n) is 3.80. The minimum Gasteiger partial charge on any atom is -0.393 e. The normalized spacial score (nSPS) is 21.8. The quantitative estimate of drug-likeness (QED) is 0.591. The van der Waals surface area contributed by atoms with Crippen molar-refractivity contribution in [3.8, 4) is 22.4 Å². The van der Waals surface area contributed by atoms with E-state index in [0.717, 1.165) is 28.0 Å². The number of halogens is 1. The molecule has 0 spiro atoms. The molecule has 5 rings (SSSR count). The third kappa shape index (κ3) is 2.95. The van der Waals surface area contributed by atoms with Crippen LogP contribution in [-0.4, -0.2) is 46.2 Å². The van der Waals surface area contributed by atoms with Gasteiger partial charge in [-0.3, -0.25) is 9.67 Å². The van der Waals surface area contributed by atoms with E-state index in [1.165, 1.54) is 0 Å². The van der Waals surface area contributed by atoms with Crippen molar-refractivity contribution >= 4 is 5.65 Å². The van der Waals surface area contributed by atoms with E-state index >= 15 is 0 Å². The average molecular weight is 378 g/mol. The van der Waals surface area contributed by atoms with Crippen LogP contribution < -0.4 is 0 Å². The van der Waals surface area contributed by atoms with Gasteiger partial charge in [0.15, 0.2) is 5.65 Å². The zero-order chi connectivity index (χ0) is 19.3. The van der Waals surface area contributed by atoms with Gasteiger partial charge in [0.25, 0.3) is 0 Å². The van der Waals surface area contributed by atoms with Crippen LogP contribution in [0.4, 0.5) is 4.39 Å². The lowest BCUT2D eigenvalue weighted by atomic mass is 9.79. The Hall–Kier alpha value is -3.13. The summed E-state index contributed by atoms with van der Waals surface area (Å²) < 4.78 is 17.8. The second kappa shape index (κ2) is 6.20. The molecule has 0 amide bonds. The number of aliphatic hydroxyl groups excluding tert-OH is 1. The van der Waals surface area contributed by atoms with Gasteiger partial charge < -0.3 is 5.11 Å². The van der Waals surface area contributed by atoms with Crippen LogP contribution in [0.5, 0.6) is 0 Å². The molecule has 4 heterocycles. The third-order valence-electron chi connectivity index (χ3n) is 5.12. The number of nitrogens with zero attached hydrogens (tertiary/aromatic N) is 6. The van der Waals surface area contributed by atoms with Gasteiger partial charge in [0.2, 0.25) is 0 Å². The minimum atomic E-state index is -1.38. The first-order valence-electron chi connectivity index (χ1n) is 9.17. The van der Waals surface area contributed by atoms with Crippen molar-refractivity contribution < 1.29 is 9.50 Å². The molecule has 1 aliphatic rings. The smallest absolute Gasteiger partial charge is 0.156 e. The maximum absolute atomic E-state index is 14.5. The summed E-state index contributed by atoms with van der Waals surface area (Å²) in [5.74, 6) is 0.709. The molecule has 4 aromatic rings. The molecular weight excluding hydrogens is 359 g/mol. The summed E-state index contributed by atoms with van der Waals surface area (Å²) in [5.41, 5.74) is 2.88. The molecule has 4 aromatic heterocycles. The van der Waals surface area contributed by atoms with E-state index in [4.69, 9.17) is 0 Å². The van der Waals surface area contributed by atoms with Crippen molar-refractivity contribution in [2.45, 2.75) is 38.1 Å². The second-order valence-corrected chi connectivity index (χ2v) is 7.42. The Bertz CT molecular complexity index is 1160. The summed E-state index contributed by atoms with van der Waals surface area (Å²) in [5, 5.41) is 18.0. The van der Waals surface area contributed by atoms with Crippen molar-refractivity contribution in [3.63, 3.8) is 0 Å². The minimum absolute atomic E-state index is 0.143. The van der Waals surface area contributed by atoms with E-state index in [0.29, 0.717) is 5.82 Å². The van der Waals surface area contributed by atoms with Gasteiger partial charge in [0, 0.05) is 48.1 Å². The number of rotatable bonds is 4. The molecule has 1 aliphatic carbocycles. The van der Waals surface area contributed by atoms with Crippen LogP contribution in [0.3, 0.4) is 0 Å². The van der Waals surface area contributed by atoms with Crippen molar-refractivity contribution in [1.29, 1.82) is 0 Å². The van der Waals surface area contributed by atoms with E-state index in [9.17, 15) is 9.50 Å². The first kappa shape index (κ1) is 17.0. The molecule has 28 heavy (non-hydrogen) atoms. The summed E-state index contributed by atoms with van der Waals surface area (Å²) in [7, 11) is 0. The van der Waals surface area contributed by atoms with Gasteiger partial charge in [0.1, 0.15) is 11.5 Å². The highest BCUT2D eigenvalue weighted by Gasteiger charge is 2.44. The summed E-state index contributed by atoms with van der Waals surface area (Å²) in [6.45, 7) is 2.00. The van der Waals surface area contributed by atoms with Crippen LogP contribution >= 0.6 is 0 Å². The van der Waals surface area contributed by atoms with Crippen molar-refractivity contribution in [2.75, 3.05) is 0 Å². The van der Waals surface area contributed by atoms with Crippen LogP contribution in [0.2, 0.25) is 0 Å². The first-order chi connectivity index (χ1) is 13.5. The molecule has 1 fully saturated rings. The lowest BCUT2D eigenvalue weighted by molar-refractivity contribution is -0.0674. The Morgan fingerprint density at radius 1 is 1.29 bits per heavy atom. The molecule has 142 valence electrons. The topological polar surface area (TPSA) is 81.1 Å². The molecule has 0 unspecified atom stereocenters. The van der Waals surface area contributed by atoms with Crippen LogP contribution in [0.25, 0.3) is 28.0 Å². The lowest BCUT2D eigenvalue weighted by Gasteiger charge is -2.38. The predicted molar refractivity (Wildman–Crippen MR) is 101 cm³/mol. The van der Waals surface area contributed by atoms with Crippen LogP contribution in [-0.2, 0) is 6.54 Å². The fraction of sp³-hybridized carbons (Fsp3) is 0.300. The molecule has 8 heteroatoms. The number of hydrogen-bond donors (Lipinski definition) is 1. The number of aryl methyl sites for hydroxylation is 1. The van der Waals surface area contributed by atoms with Gasteiger partial charge in [-0.05, 0) is 25.1 Å². The number of hydrogen-bond acceptors (Lipinski definition) is 5. The first-order valence-corrected chi connectivity index (χ1v) is 9.17. The zero-order valence-electron chi connectivity index (χ0n) is 15.3. The van der Waals surface area contributed by atoms with E-state index in [1.54, 1.807) is 21.6 Å². The maximum atomic E-state index is 14.5. The van der Waals surface area contributed by atoms with Gasteiger partial charge in [-0.15, -0.1) is 0 Å². The monoisotopic (exact) mass is 378 g/mol. The fourth-order valence-corrected chi connectivity index (χ4v) is 3.80. The predicted octanol–water partition coefficient (Wildman–Crippen LogP) is 2.83. The van der Waals surface area contributed by atoms with Crippen LogP contribution in [0.15, 0.2) is 49.1 Å². The van der Waals surface area contributed by atoms with Crippen molar-refractivity contribution in [3.05, 3.63) is 54.9 Å². The Morgan fingerprint density at radius 2 is 2.14 bits per heavy atom. The maximum Gasteiger partial charge on any atom is 0.156 e. The highest BCUT2D eigenvalue weighted by Crippen LogP contribution is 2.38. The van der Waals surface area contributed by atoms with Gasteiger partial charge in [-0.2, -0.15) is 10.2 Å². The standard InChI is InChI=1S/C20H19FN6O/c1-13-24-18-7-14(4-6-27(18)25-13)19-17(3-2-5-22-19)15-10-23-26(11-15)12-20(21)8-16(28)9-20/h2-7,10-11,16,28H,8-9,12H2,1H3/t16-,20+. The summed E-state index contributed by atoms with van der Waals surface area (Å²) in [4.78, 5) is 8.97. The Balaban J connectivity index is 1.49. The molecule has 1 saturated carbocycles. The molecule has 1 N–H and O–H groups in total. The Morgan fingerprint density at radius 3 is 2.96 bits per heavy atom. The number of fused-ring (bicyclic) bond motifs is 1. The van der Waals surface area contributed by atoms with Crippen molar-refractivity contribution in [2.24, 2.45) is 0 Å². The van der Waals surface area contributed by atoms with Gasteiger partial charge in [-0.25, -0.2) is 13.9 Å². The second-order valence-electron chi connectivity index (χ2n) is 7.42. The average Bonchev–Trinajstić information content (AvgIpc) is 3.25. The Labute approximate surface area is 160 Å². The van der Waals surface area contributed by atoms with Gasteiger partial charge in [0.05, 0.1) is 24.5 Å². The van der Waals surface area contributed by atoms with Crippen molar-refractivity contribution in [1.82, 2.24) is 29.4 Å². The number of alkyl halides is 1. The summed E-state index contributed by atoms with van der Waals surface area (Å²) in [6, 6.07) is 7.74. The molecule has 7 nitrogen and oxygen atoms in total. The summed E-state index contributed by atoms with van der Waals surface area (Å²) >= 11 is 0. The number of pyridine rings is 2. The molecule has 0 aliphatic heterocycles. The number of aliphatic hydroxyl groups is 1. The zero-order valence-corrected chi connectivity index (χ0v) is 15.3. The van der Waals surface area contributed by atoms with Crippen LogP contribution in [0.1, 0.15) is 18.7 Å². The van der Waals surface area contributed by atoms with Gasteiger partial charge >= 0.3 is 0 Å². The molecule has 0 radical (unpaired) electrons. The van der Waals surface area contributed by atoms with E-state index in [1.807, 2.05) is 43.6 Å². The highest BCUT2D eigenvalue weighted by molar-refractivity contribution is 5.81. The Kier molecular flexibility index (Phi) is 3.77. The van der Waals surface area contributed by atoms with Crippen LogP contribution in [0, 0.1) is 6.92 Å². The largest absolute Gasteiger partial charge is 0.393 e. The molecular formula is C20H19FN6O. The SMILES string of the molecule is Cc1nc2cc(-c3ncccc3-c3cnn(C[C@]4(F)C[C@@H](O)C4)c3)ccn2n1. The third-order valence-corrected chi connectivity index (χ3v) is 5.12. The van der Waals surface area contributed by atoms with Gasteiger partial charge in [-0.1, -0.05) is 6.07 Å². The van der Waals surface area contributed by atoms with E-state index in [2.05, 4.69) is 20.2 Å². The molecule has 0 aromatic carbocycles. The molecule has 0 atom stereocenters. The summed E-state index contributed by atoms with van der Waals surface area (Å²) in [6.07, 6.45) is 6.94. The number of aromatic nitrogens is 6. The van der Waals surface area contributed by atoms with E-state index < -0.39 is 11.8 Å². The molecule has 0 saturated heterocycles. The highest BCUT2D eigenvalue weighted by atomic mass is 19.1. The molecule has 0 bridgehead atoms. The lowest BCUT2D eigenvalue weighted by Crippen LogP contribution is -2.46. The van der Waals surface area contributed by atoms with E-state index in [-0.39, 0.29) is 19.4 Å².